The highest BCUT2D eigenvalue weighted by molar-refractivity contribution is 5.11. The van der Waals surface area contributed by atoms with Gasteiger partial charge in [0.1, 0.15) is 0 Å². The number of nitrogens with one attached hydrogen (secondary N) is 1. The van der Waals surface area contributed by atoms with Gasteiger partial charge in [0.2, 0.25) is 0 Å². The normalized spacial score (nSPS) is 13.3. The van der Waals surface area contributed by atoms with Gasteiger partial charge in [0.25, 0.3) is 0 Å². The minimum absolute atomic E-state index is 0.462. The molecule has 0 spiro atoms. The largest absolute Gasteiger partial charge is 0.310 e. The molecular formula is C13H25N3. The lowest BCUT2D eigenvalue weighted by Gasteiger charge is -2.25. The summed E-state index contributed by atoms with van der Waals surface area (Å²) in [7, 11) is 1.98. The van der Waals surface area contributed by atoms with Crippen molar-refractivity contribution in [3.8, 4) is 0 Å². The van der Waals surface area contributed by atoms with Crippen molar-refractivity contribution in [2.24, 2.45) is 13.0 Å². The van der Waals surface area contributed by atoms with Crippen molar-refractivity contribution in [1.82, 2.24) is 15.1 Å². The summed E-state index contributed by atoms with van der Waals surface area (Å²) in [4.78, 5) is 0. The van der Waals surface area contributed by atoms with Gasteiger partial charge in [-0.05, 0) is 18.9 Å². The van der Waals surface area contributed by atoms with Gasteiger partial charge in [-0.2, -0.15) is 5.10 Å². The molecule has 3 heteroatoms. The van der Waals surface area contributed by atoms with E-state index in [1.165, 1.54) is 24.8 Å². The number of rotatable bonds is 7. The molecule has 0 aliphatic heterocycles. The first kappa shape index (κ1) is 13.2. The molecule has 1 rings (SSSR count). The maximum absolute atomic E-state index is 4.27. The number of hydrogen-bond acceptors (Lipinski definition) is 2. The SMILES string of the molecule is CCCNC(c1cnn(C)c1)C(CC)CC. The molecular weight excluding hydrogens is 198 g/mol. The van der Waals surface area contributed by atoms with Gasteiger partial charge in [-0.1, -0.05) is 33.6 Å². The lowest BCUT2D eigenvalue weighted by molar-refractivity contribution is 0.341. The summed E-state index contributed by atoms with van der Waals surface area (Å²) >= 11 is 0. The average Bonchev–Trinajstić information content (AvgIpc) is 2.71. The van der Waals surface area contributed by atoms with E-state index < -0.39 is 0 Å². The number of aromatic nitrogens is 2. The van der Waals surface area contributed by atoms with Crippen LogP contribution in [-0.4, -0.2) is 16.3 Å². The molecule has 0 aliphatic carbocycles. The summed E-state index contributed by atoms with van der Waals surface area (Å²) in [6, 6.07) is 0.462. The number of hydrogen-bond donors (Lipinski definition) is 1. The topological polar surface area (TPSA) is 29.9 Å². The first-order valence-corrected chi connectivity index (χ1v) is 6.44. The summed E-state index contributed by atoms with van der Waals surface area (Å²) in [6.07, 6.45) is 7.73. The second-order valence-electron chi connectivity index (χ2n) is 4.46. The fraction of sp³-hybridized carbons (Fsp3) is 0.769. The minimum Gasteiger partial charge on any atom is -0.310 e. The van der Waals surface area contributed by atoms with Gasteiger partial charge >= 0.3 is 0 Å². The molecule has 1 aromatic heterocycles. The lowest BCUT2D eigenvalue weighted by atomic mass is 9.90. The lowest BCUT2D eigenvalue weighted by Crippen LogP contribution is -2.28. The van der Waals surface area contributed by atoms with Crippen molar-refractivity contribution >= 4 is 0 Å². The van der Waals surface area contributed by atoms with Gasteiger partial charge in [0.05, 0.1) is 6.20 Å². The molecule has 1 unspecified atom stereocenters. The Labute approximate surface area is 99.2 Å². The maximum Gasteiger partial charge on any atom is 0.0537 e. The van der Waals surface area contributed by atoms with Crippen molar-refractivity contribution in [3.05, 3.63) is 18.0 Å². The van der Waals surface area contributed by atoms with Gasteiger partial charge in [0, 0.05) is 24.8 Å². The average molecular weight is 223 g/mol. The van der Waals surface area contributed by atoms with Gasteiger partial charge < -0.3 is 5.32 Å². The predicted molar refractivity (Wildman–Crippen MR) is 68.3 cm³/mol. The van der Waals surface area contributed by atoms with Crippen molar-refractivity contribution in [2.75, 3.05) is 6.54 Å². The minimum atomic E-state index is 0.462. The third-order valence-electron chi connectivity index (χ3n) is 3.22. The van der Waals surface area contributed by atoms with Gasteiger partial charge in [-0.3, -0.25) is 4.68 Å². The van der Waals surface area contributed by atoms with E-state index in [2.05, 4.69) is 37.4 Å². The van der Waals surface area contributed by atoms with E-state index in [9.17, 15) is 0 Å². The molecule has 1 heterocycles. The quantitative estimate of drug-likeness (QED) is 0.770. The van der Waals surface area contributed by atoms with Crippen LogP contribution in [0.1, 0.15) is 51.6 Å². The van der Waals surface area contributed by atoms with Gasteiger partial charge in [-0.25, -0.2) is 0 Å². The molecule has 1 atom stereocenters. The Balaban J connectivity index is 2.77. The van der Waals surface area contributed by atoms with Crippen molar-refractivity contribution in [3.63, 3.8) is 0 Å². The first-order valence-electron chi connectivity index (χ1n) is 6.44. The molecule has 0 fully saturated rings. The molecule has 0 aliphatic rings. The summed E-state index contributed by atoms with van der Waals surface area (Å²) < 4.78 is 1.89. The molecule has 1 N–H and O–H groups in total. The Kier molecular flexibility index (Phi) is 5.53. The molecule has 16 heavy (non-hydrogen) atoms. The Morgan fingerprint density at radius 2 is 2.00 bits per heavy atom. The van der Waals surface area contributed by atoms with Crippen LogP contribution in [0.25, 0.3) is 0 Å². The van der Waals surface area contributed by atoms with Crippen LogP contribution in [0, 0.1) is 5.92 Å². The van der Waals surface area contributed by atoms with Gasteiger partial charge in [0.15, 0.2) is 0 Å². The van der Waals surface area contributed by atoms with E-state index in [-0.39, 0.29) is 0 Å². The highest BCUT2D eigenvalue weighted by Gasteiger charge is 2.20. The van der Waals surface area contributed by atoms with Crippen molar-refractivity contribution in [2.45, 2.75) is 46.1 Å². The smallest absolute Gasteiger partial charge is 0.0537 e. The molecule has 3 nitrogen and oxygen atoms in total. The summed E-state index contributed by atoms with van der Waals surface area (Å²) in [6.45, 7) is 7.83. The van der Waals surface area contributed by atoms with Crippen LogP contribution >= 0.6 is 0 Å². The van der Waals surface area contributed by atoms with Crippen LogP contribution < -0.4 is 5.32 Å². The van der Waals surface area contributed by atoms with Crippen molar-refractivity contribution < 1.29 is 0 Å². The van der Waals surface area contributed by atoms with E-state index in [1.54, 1.807) is 0 Å². The molecule has 0 saturated heterocycles. The highest BCUT2D eigenvalue weighted by Crippen LogP contribution is 2.26. The second-order valence-corrected chi connectivity index (χ2v) is 4.46. The van der Waals surface area contributed by atoms with Crippen LogP contribution in [0.15, 0.2) is 12.4 Å². The third kappa shape index (κ3) is 3.34. The standard InChI is InChI=1S/C13H25N3/c1-5-8-14-13(11(6-2)7-3)12-9-15-16(4)10-12/h9-11,13-14H,5-8H2,1-4H3. The number of nitrogens with zero attached hydrogens (tertiary/aromatic N) is 2. The Morgan fingerprint density at radius 1 is 1.31 bits per heavy atom. The van der Waals surface area contributed by atoms with Crippen molar-refractivity contribution in [1.29, 1.82) is 0 Å². The maximum atomic E-state index is 4.27. The zero-order valence-corrected chi connectivity index (χ0v) is 11.0. The first-order chi connectivity index (χ1) is 7.72. The molecule has 0 radical (unpaired) electrons. The van der Waals surface area contributed by atoms with Crippen LogP contribution in [0.2, 0.25) is 0 Å². The predicted octanol–water partition coefficient (Wildman–Crippen LogP) is 2.90. The molecule has 0 amide bonds. The van der Waals surface area contributed by atoms with E-state index in [4.69, 9.17) is 0 Å². The third-order valence-corrected chi connectivity index (χ3v) is 3.22. The zero-order valence-electron chi connectivity index (χ0n) is 11.0. The van der Waals surface area contributed by atoms with Crippen LogP contribution in [0.4, 0.5) is 0 Å². The van der Waals surface area contributed by atoms with Crippen LogP contribution in [0.5, 0.6) is 0 Å². The van der Waals surface area contributed by atoms with E-state index in [1.807, 2.05) is 17.9 Å². The van der Waals surface area contributed by atoms with Crippen LogP contribution in [0.3, 0.4) is 0 Å². The monoisotopic (exact) mass is 223 g/mol. The summed E-state index contributed by atoms with van der Waals surface area (Å²) in [5.74, 6) is 0.704. The summed E-state index contributed by atoms with van der Waals surface area (Å²) in [5, 5.41) is 7.92. The molecule has 1 aromatic rings. The molecule has 0 aromatic carbocycles. The van der Waals surface area contributed by atoms with E-state index in [0.29, 0.717) is 12.0 Å². The number of aryl methyl sites for hydroxylation is 1. The summed E-state index contributed by atoms with van der Waals surface area (Å²) in [5.41, 5.74) is 1.32. The fourth-order valence-corrected chi connectivity index (χ4v) is 2.22. The van der Waals surface area contributed by atoms with E-state index >= 15 is 0 Å². The van der Waals surface area contributed by atoms with E-state index in [0.717, 1.165) is 6.54 Å². The highest BCUT2D eigenvalue weighted by atomic mass is 15.2. The fourth-order valence-electron chi connectivity index (χ4n) is 2.22. The Hall–Kier alpha value is -0.830. The Bertz CT molecular complexity index is 289. The van der Waals surface area contributed by atoms with Crippen LogP contribution in [-0.2, 0) is 7.05 Å². The molecule has 92 valence electrons. The Morgan fingerprint density at radius 3 is 2.44 bits per heavy atom. The zero-order chi connectivity index (χ0) is 12.0. The molecule has 0 saturated carbocycles. The second kappa shape index (κ2) is 6.69. The van der Waals surface area contributed by atoms with Gasteiger partial charge in [-0.15, -0.1) is 0 Å². The molecule has 0 bridgehead atoms.